The van der Waals surface area contributed by atoms with Gasteiger partial charge in [-0.2, -0.15) is 4.31 Å². The zero-order chi connectivity index (χ0) is 19.6. The van der Waals surface area contributed by atoms with Crippen molar-refractivity contribution >= 4 is 39.4 Å². The zero-order valence-corrected chi connectivity index (χ0v) is 16.6. The number of fused-ring (bicyclic) bond motifs is 1. The van der Waals surface area contributed by atoms with Crippen LogP contribution in [0.25, 0.3) is 5.65 Å². The smallest absolute Gasteiger partial charge is 0.324 e. The number of carbonyl (C=O) groups is 2. The van der Waals surface area contributed by atoms with Crippen molar-refractivity contribution in [3.05, 3.63) is 18.3 Å². The molecule has 0 aromatic carbocycles. The summed E-state index contributed by atoms with van der Waals surface area (Å²) in [5, 5.41) is 11.0. The van der Waals surface area contributed by atoms with Gasteiger partial charge in [0.1, 0.15) is 0 Å². The van der Waals surface area contributed by atoms with E-state index < -0.39 is 16.1 Å². The molecule has 1 fully saturated rings. The minimum absolute atomic E-state index is 0.00123. The number of hydrogen-bond donors (Lipinski definition) is 1. The molecule has 0 spiro atoms. The van der Waals surface area contributed by atoms with E-state index in [1.165, 1.54) is 16.6 Å². The van der Waals surface area contributed by atoms with Crippen LogP contribution < -0.4 is 5.32 Å². The largest absolute Gasteiger partial charge is 0.336 e. The van der Waals surface area contributed by atoms with Gasteiger partial charge in [0.25, 0.3) is 0 Å². The molecular formula is C15H20N6O4S2. The fourth-order valence-electron chi connectivity index (χ4n) is 2.73. The predicted octanol–water partition coefficient (Wildman–Crippen LogP) is 0.404. The second-order valence-electron chi connectivity index (χ2n) is 5.73. The van der Waals surface area contributed by atoms with E-state index >= 15 is 0 Å². The average molecular weight is 412 g/mol. The van der Waals surface area contributed by atoms with E-state index in [1.54, 1.807) is 24.3 Å². The quantitative estimate of drug-likeness (QED) is 0.654. The summed E-state index contributed by atoms with van der Waals surface area (Å²) in [6.07, 6.45) is 1.46. The first-order chi connectivity index (χ1) is 12.9. The van der Waals surface area contributed by atoms with Crippen molar-refractivity contribution in [1.82, 2.24) is 29.1 Å². The Bertz CT molecular complexity index is 970. The molecule has 3 amide bonds. The summed E-state index contributed by atoms with van der Waals surface area (Å²) < 4.78 is 28.3. The van der Waals surface area contributed by atoms with Crippen molar-refractivity contribution in [3.8, 4) is 0 Å². The van der Waals surface area contributed by atoms with Gasteiger partial charge in [-0.25, -0.2) is 13.2 Å². The van der Waals surface area contributed by atoms with Crippen LogP contribution in [0, 0.1) is 0 Å². The van der Waals surface area contributed by atoms with E-state index in [4.69, 9.17) is 0 Å². The predicted molar refractivity (Wildman–Crippen MR) is 98.9 cm³/mol. The maximum absolute atomic E-state index is 12.7. The molecule has 0 radical (unpaired) electrons. The first-order valence-electron chi connectivity index (χ1n) is 8.44. The molecule has 27 heavy (non-hydrogen) atoms. The van der Waals surface area contributed by atoms with Crippen LogP contribution in [0.15, 0.2) is 28.4 Å². The van der Waals surface area contributed by atoms with Crippen molar-refractivity contribution in [2.24, 2.45) is 0 Å². The molecule has 10 nitrogen and oxygen atoms in total. The molecule has 0 saturated carbocycles. The number of amides is 3. The highest BCUT2D eigenvalue weighted by Gasteiger charge is 2.27. The summed E-state index contributed by atoms with van der Waals surface area (Å²) in [6, 6.07) is 2.66. The molecule has 1 aliphatic rings. The van der Waals surface area contributed by atoms with E-state index in [9.17, 15) is 18.0 Å². The SMILES string of the molecule is CCN(CC)S(=O)(=O)c1ccc2nnc(SCC(=O)N3CCNC3=O)n2c1. The molecule has 3 heterocycles. The molecule has 0 bridgehead atoms. The Hall–Kier alpha value is -2.18. The number of rotatable bonds is 7. The number of imide groups is 1. The van der Waals surface area contributed by atoms with Crippen LogP contribution in [0.5, 0.6) is 0 Å². The van der Waals surface area contributed by atoms with Gasteiger partial charge < -0.3 is 5.32 Å². The molecule has 12 heteroatoms. The van der Waals surface area contributed by atoms with Crippen LogP contribution in [-0.2, 0) is 14.8 Å². The Labute approximate surface area is 161 Å². The molecule has 1 aliphatic heterocycles. The van der Waals surface area contributed by atoms with Crippen LogP contribution in [0.2, 0.25) is 0 Å². The number of carbonyl (C=O) groups excluding carboxylic acids is 2. The standard InChI is InChI=1S/C15H20N6O4S2/c1-3-19(4-2)27(24,25)11-5-6-12-17-18-15(21(12)9-11)26-10-13(22)20-8-7-16-14(20)23/h5-6,9H,3-4,7-8,10H2,1-2H3,(H,16,23). The number of urea groups is 1. The van der Waals surface area contributed by atoms with Gasteiger partial charge in [0.05, 0.1) is 10.6 Å². The number of hydrogen-bond acceptors (Lipinski definition) is 7. The molecule has 0 atom stereocenters. The van der Waals surface area contributed by atoms with Gasteiger partial charge in [-0.15, -0.1) is 10.2 Å². The number of nitrogens with zero attached hydrogens (tertiary/aromatic N) is 5. The number of nitrogens with one attached hydrogen (secondary N) is 1. The van der Waals surface area contributed by atoms with Gasteiger partial charge in [-0.1, -0.05) is 25.6 Å². The second kappa shape index (κ2) is 7.82. The van der Waals surface area contributed by atoms with Crippen LogP contribution >= 0.6 is 11.8 Å². The third kappa shape index (κ3) is 3.77. The first-order valence-corrected chi connectivity index (χ1v) is 10.9. The number of pyridine rings is 1. The lowest BCUT2D eigenvalue weighted by atomic mass is 10.5. The number of aromatic nitrogens is 3. The monoisotopic (exact) mass is 412 g/mol. The molecule has 1 N–H and O–H groups in total. The van der Waals surface area contributed by atoms with Gasteiger partial charge in [-0.05, 0) is 12.1 Å². The topological polar surface area (TPSA) is 117 Å². The lowest BCUT2D eigenvalue weighted by molar-refractivity contribution is -0.124. The molecular weight excluding hydrogens is 392 g/mol. The molecule has 146 valence electrons. The Kier molecular flexibility index (Phi) is 5.67. The molecule has 1 saturated heterocycles. The fourth-order valence-corrected chi connectivity index (χ4v) is 4.98. The lowest BCUT2D eigenvalue weighted by Crippen LogP contribution is -2.35. The third-order valence-corrected chi connectivity index (χ3v) is 7.13. The van der Waals surface area contributed by atoms with Gasteiger partial charge in [0.15, 0.2) is 10.8 Å². The highest BCUT2D eigenvalue weighted by Crippen LogP contribution is 2.21. The van der Waals surface area contributed by atoms with Crippen LogP contribution in [0.1, 0.15) is 13.8 Å². The van der Waals surface area contributed by atoms with E-state index in [2.05, 4.69) is 15.5 Å². The Balaban J connectivity index is 1.83. The van der Waals surface area contributed by atoms with E-state index in [1.807, 2.05) is 0 Å². The van der Waals surface area contributed by atoms with E-state index in [0.29, 0.717) is 37.0 Å². The van der Waals surface area contributed by atoms with Gasteiger partial charge >= 0.3 is 6.03 Å². The lowest BCUT2D eigenvalue weighted by Gasteiger charge is -2.18. The zero-order valence-electron chi connectivity index (χ0n) is 15.0. The van der Waals surface area contributed by atoms with Crippen molar-refractivity contribution in [2.75, 3.05) is 31.9 Å². The summed E-state index contributed by atoms with van der Waals surface area (Å²) in [5.41, 5.74) is 0.474. The van der Waals surface area contributed by atoms with Crippen molar-refractivity contribution in [2.45, 2.75) is 23.9 Å². The number of thioether (sulfide) groups is 1. The summed E-state index contributed by atoms with van der Waals surface area (Å²) in [5.74, 6) is -0.333. The van der Waals surface area contributed by atoms with Crippen molar-refractivity contribution in [3.63, 3.8) is 0 Å². The Morgan fingerprint density at radius 1 is 1.30 bits per heavy atom. The Morgan fingerprint density at radius 2 is 2.04 bits per heavy atom. The second-order valence-corrected chi connectivity index (χ2v) is 8.61. The van der Waals surface area contributed by atoms with Gasteiger partial charge in [0, 0.05) is 32.4 Å². The summed E-state index contributed by atoms with van der Waals surface area (Å²) >= 11 is 1.10. The van der Waals surface area contributed by atoms with E-state index in [-0.39, 0.29) is 16.6 Å². The highest BCUT2D eigenvalue weighted by molar-refractivity contribution is 7.99. The summed E-state index contributed by atoms with van der Waals surface area (Å²) in [7, 11) is -3.62. The van der Waals surface area contributed by atoms with Crippen LogP contribution in [-0.4, -0.2) is 76.1 Å². The molecule has 3 rings (SSSR count). The van der Waals surface area contributed by atoms with E-state index in [0.717, 1.165) is 16.7 Å². The summed E-state index contributed by atoms with van der Waals surface area (Å²) in [6.45, 7) is 5.07. The maximum atomic E-state index is 12.7. The maximum Gasteiger partial charge on any atom is 0.324 e. The Morgan fingerprint density at radius 3 is 2.67 bits per heavy atom. The minimum Gasteiger partial charge on any atom is -0.336 e. The van der Waals surface area contributed by atoms with Gasteiger partial charge in [0.2, 0.25) is 15.9 Å². The normalized spacial score (nSPS) is 14.9. The van der Waals surface area contributed by atoms with Gasteiger partial charge in [-0.3, -0.25) is 14.1 Å². The summed E-state index contributed by atoms with van der Waals surface area (Å²) in [4.78, 5) is 25.0. The number of sulfonamides is 1. The molecule has 0 unspecified atom stereocenters. The third-order valence-electron chi connectivity index (χ3n) is 4.17. The van der Waals surface area contributed by atoms with Crippen LogP contribution in [0.4, 0.5) is 4.79 Å². The molecule has 2 aromatic rings. The average Bonchev–Trinajstić information content (AvgIpc) is 3.26. The minimum atomic E-state index is -3.62. The highest BCUT2D eigenvalue weighted by atomic mass is 32.2. The molecule has 2 aromatic heterocycles. The molecule has 0 aliphatic carbocycles. The van der Waals surface area contributed by atoms with Crippen molar-refractivity contribution in [1.29, 1.82) is 0 Å². The fraction of sp³-hybridized carbons (Fsp3) is 0.467. The first kappa shape index (κ1) is 19.6. The van der Waals surface area contributed by atoms with Crippen molar-refractivity contribution < 1.29 is 18.0 Å². The van der Waals surface area contributed by atoms with Crippen LogP contribution in [0.3, 0.4) is 0 Å².